The molecule has 2 atom stereocenters. The van der Waals surface area contributed by atoms with Crippen LogP contribution in [0.1, 0.15) is 31.0 Å². The third-order valence-corrected chi connectivity index (χ3v) is 5.57. The lowest BCUT2D eigenvalue weighted by Gasteiger charge is -2.35. The molecule has 1 aromatic carbocycles. The summed E-state index contributed by atoms with van der Waals surface area (Å²) in [6.45, 7) is 3.15. The van der Waals surface area contributed by atoms with E-state index >= 15 is 0 Å². The van der Waals surface area contributed by atoms with E-state index in [0.29, 0.717) is 5.92 Å². The summed E-state index contributed by atoms with van der Waals surface area (Å²) in [4.78, 5) is 0. The number of methoxy groups -OCH3 is 1. The summed E-state index contributed by atoms with van der Waals surface area (Å²) in [5, 5.41) is 4.51. The molecule has 0 unspecified atom stereocenters. The highest BCUT2D eigenvalue weighted by Crippen LogP contribution is 2.53. The van der Waals surface area contributed by atoms with Crippen LogP contribution in [0.5, 0.6) is 0 Å². The van der Waals surface area contributed by atoms with E-state index in [0.717, 1.165) is 30.8 Å². The lowest BCUT2D eigenvalue weighted by Crippen LogP contribution is -2.31. The van der Waals surface area contributed by atoms with Gasteiger partial charge in [-0.25, -0.2) is 9.07 Å². The Kier molecular flexibility index (Phi) is 3.38. The number of hydrogen-bond donors (Lipinski definition) is 0. The molecule has 23 heavy (non-hydrogen) atoms. The molecule has 1 saturated carbocycles. The third kappa shape index (κ3) is 2.24. The molecule has 0 saturated heterocycles. The molecule has 1 fully saturated rings. The predicted molar refractivity (Wildman–Crippen MR) is 87.9 cm³/mol. The zero-order chi connectivity index (χ0) is 16.0. The van der Waals surface area contributed by atoms with Crippen molar-refractivity contribution < 1.29 is 9.13 Å². The summed E-state index contributed by atoms with van der Waals surface area (Å²) in [6.07, 6.45) is 7.47. The number of ether oxygens (including phenoxy) is 1. The molecule has 120 valence electrons. The van der Waals surface area contributed by atoms with E-state index in [1.54, 1.807) is 13.2 Å². The number of allylic oxidation sites excluding steroid dienone is 1. The van der Waals surface area contributed by atoms with E-state index in [-0.39, 0.29) is 11.2 Å². The molecule has 0 spiro atoms. The molecule has 1 heterocycles. The molecular formula is C19H21FN2O. The molecule has 1 aromatic heterocycles. The van der Waals surface area contributed by atoms with Gasteiger partial charge in [0.1, 0.15) is 5.82 Å². The fourth-order valence-corrected chi connectivity index (χ4v) is 4.22. The van der Waals surface area contributed by atoms with Crippen LogP contribution in [-0.2, 0) is 11.2 Å². The largest absolute Gasteiger partial charge is 0.384 e. The van der Waals surface area contributed by atoms with Crippen molar-refractivity contribution >= 4 is 6.08 Å². The van der Waals surface area contributed by atoms with Crippen molar-refractivity contribution in [1.82, 2.24) is 9.78 Å². The fourth-order valence-electron chi connectivity index (χ4n) is 4.22. The monoisotopic (exact) mass is 312 g/mol. The number of fused-ring (bicyclic) bond motifs is 2. The molecule has 0 bridgehead atoms. The van der Waals surface area contributed by atoms with Gasteiger partial charge in [-0.05, 0) is 60.4 Å². The Morgan fingerprint density at radius 1 is 1.43 bits per heavy atom. The zero-order valence-corrected chi connectivity index (χ0v) is 13.6. The minimum Gasteiger partial charge on any atom is -0.384 e. The number of halogens is 1. The molecule has 3 nitrogen and oxygen atoms in total. The maximum atomic E-state index is 13.5. The Morgan fingerprint density at radius 3 is 3.09 bits per heavy atom. The minimum atomic E-state index is -0.235. The number of nitrogens with zero attached hydrogens (tertiary/aromatic N) is 2. The number of hydrogen-bond acceptors (Lipinski definition) is 2. The van der Waals surface area contributed by atoms with E-state index in [9.17, 15) is 4.39 Å². The molecule has 2 aliphatic carbocycles. The molecule has 4 heteroatoms. The Labute approximate surface area is 135 Å². The molecule has 0 N–H and O–H groups in total. The van der Waals surface area contributed by atoms with Gasteiger partial charge in [-0.1, -0.05) is 18.6 Å². The van der Waals surface area contributed by atoms with Crippen LogP contribution in [-0.4, -0.2) is 23.5 Å². The van der Waals surface area contributed by atoms with Crippen LogP contribution >= 0.6 is 0 Å². The van der Waals surface area contributed by atoms with E-state index < -0.39 is 0 Å². The highest BCUT2D eigenvalue weighted by Gasteiger charge is 2.45. The molecule has 0 radical (unpaired) electrons. The average molecular weight is 312 g/mol. The summed E-state index contributed by atoms with van der Waals surface area (Å²) in [6, 6.07) is 6.61. The zero-order valence-electron chi connectivity index (χ0n) is 13.6. The Morgan fingerprint density at radius 2 is 2.30 bits per heavy atom. The topological polar surface area (TPSA) is 27.1 Å². The molecule has 2 aromatic rings. The van der Waals surface area contributed by atoms with Gasteiger partial charge < -0.3 is 4.74 Å². The van der Waals surface area contributed by atoms with Crippen LogP contribution in [0.15, 0.2) is 36.0 Å². The second kappa shape index (κ2) is 5.31. The smallest absolute Gasteiger partial charge is 0.125 e. The first-order chi connectivity index (χ1) is 11.1. The average Bonchev–Trinajstić information content (AvgIpc) is 3.06. The minimum absolute atomic E-state index is 0.165. The second-order valence-corrected chi connectivity index (χ2v) is 6.90. The summed E-state index contributed by atoms with van der Waals surface area (Å²) in [5.41, 5.74) is 4.76. The first-order valence-corrected chi connectivity index (χ1v) is 8.14. The fraction of sp³-hybridized carbons (Fsp3) is 0.421. The van der Waals surface area contributed by atoms with Gasteiger partial charge in [0.2, 0.25) is 0 Å². The van der Waals surface area contributed by atoms with Crippen molar-refractivity contribution in [2.24, 2.45) is 11.3 Å². The van der Waals surface area contributed by atoms with E-state index in [1.165, 1.54) is 29.7 Å². The maximum Gasteiger partial charge on any atom is 0.125 e. The molecule has 0 aliphatic heterocycles. The highest BCUT2D eigenvalue weighted by molar-refractivity contribution is 5.61. The van der Waals surface area contributed by atoms with Gasteiger partial charge in [0.15, 0.2) is 0 Å². The number of rotatable bonds is 3. The first-order valence-electron chi connectivity index (χ1n) is 8.14. The van der Waals surface area contributed by atoms with Gasteiger partial charge >= 0.3 is 0 Å². The van der Waals surface area contributed by atoms with Gasteiger partial charge in [0.25, 0.3) is 0 Å². The van der Waals surface area contributed by atoms with Gasteiger partial charge in [0.05, 0.1) is 17.6 Å². The lowest BCUT2D eigenvalue weighted by molar-refractivity contribution is 0.104. The summed E-state index contributed by atoms with van der Waals surface area (Å²) >= 11 is 0. The molecule has 0 amide bonds. The van der Waals surface area contributed by atoms with Gasteiger partial charge in [-0.2, -0.15) is 5.10 Å². The SMILES string of the molecule is COC[C@H]1CCC2=Cc3c(cnn3-c3cccc(F)c3)C[C@@]21C. The Bertz CT molecular complexity index is 779. The molecular weight excluding hydrogens is 291 g/mol. The van der Waals surface area contributed by atoms with Crippen LogP contribution < -0.4 is 0 Å². The van der Waals surface area contributed by atoms with E-state index in [2.05, 4.69) is 18.1 Å². The van der Waals surface area contributed by atoms with Gasteiger partial charge in [0, 0.05) is 13.7 Å². The standard InChI is InChI=1S/C19H21FN2O/c1-19-10-13-11-21-22(17-5-3-4-16(20)9-17)18(13)8-14(19)6-7-15(19)12-23-2/h3-5,8-9,11,15H,6-7,10,12H2,1-2H3/t15-,19+/m1/s1. The van der Waals surface area contributed by atoms with Gasteiger partial charge in [-0.15, -0.1) is 0 Å². The van der Waals surface area contributed by atoms with Crippen LogP contribution in [0.4, 0.5) is 4.39 Å². The van der Waals surface area contributed by atoms with Crippen molar-refractivity contribution in [1.29, 1.82) is 0 Å². The maximum absolute atomic E-state index is 13.5. The first kappa shape index (κ1) is 14.6. The van der Waals surface area contributed by atoms with Crippen LogP contribution in [0.2, 0.25) is 0 Å². The second-order valence-electron chi connectivity index (χ2n) is 6.90. The summed E-state index contributed by atoms with van der Waals surface area (Å²) in [7, 11) is 1.78. The van der Waals surface area contributed by atoms with E-state index in [1.807, 2.05) is 16.9 Å². The lowest BCUT2D eigenvalue weighted by atomic mass is 9.70. The van der Waals surface area contributed by atoms with Crippen molar-refractivity contribution in [2.45, 2.75) is 26.2 Å². The van der Waals surface area contributed by atoms with Crippen molar-refractivity contribution in [3.05, 3.63) is 53.1 Å². The number of benzene rings is 1. The van der Waals surface area contributed by atoms with Crippen LogP contribution in [0, 0.1) is 17.2 Å². The van der Waals surface area contributed by atoms with Crippen LogP contribution in [0.3, 0.4) is 0 Å². The van der Waals surface area contributed by atoms with Crippen LogP contribution in [0.25, 0.3) is 11.8 Å². The van der Waals surface area contributed by atoms with Gasteiger partial charge in [-0.3, -0.25) is 0 Å². The van der Waals surface area contributed by atoms with E-state index in [4.69, 9.17) is 4.74 Å². The summed E-state index contributed by atoms with van der Waals surface area (Å²) < 4.78 is 20.8. The molecule has 4 rings (SSSR count). The van der Waals surface area contributed by atoms with Crippen molar-refractivity contribution in [2.75, 3.05) is 13.7 Å². The Hall–Kier alpha value is -1.94. The molecule has 2 aliphatic rings. The highest BCUT2D eigenvalue weighted by atomic mass is 19.1. The van der Waals surface area contributed by atoms with Crippen molar-refractivity contribution in [3.8, 4) is 5.69 Å². The quantitative estimate of drug-likeness (QED) is 0.856. The predicted octanol–water partition coefficient (Wildman–Crippen LogP) is 4.01. The Balaban J connectivity index is 1.76. The number of aromatic nitrogens is 2. The summed E-state index contributed by atoms with van der Waals surface area (Å²) in [5.74, 6) is 0.325. The van der Waals surface area contributed by atoms with Crippen molar-refractivity contribution in [3.63, 3.8) is 0 Å². The normalized spacial score (nSPS) is 25.9. The third-order valence-electron chi connectivity index (χ3n) is 5.57.